The molecule has 21 heavy (non-hydrogen) atoms. The van der Waals surface area contributed by atoms with Crippen LogP contribution >= 0.6 is 0 Å². The molecule has 0 atom stereocenters. The topological polar surface area (TPSA) is 12.0 Å². The highest BCUT2D eigenvalue weighted by atomic mass is 19.1. The molecule has 0 fully saturated rings. The van der Waals surface area contributed by atoms with Gasteiger partial charge in [-0.05, 0) is 54.8 Å². The Kier molecular flexibility index (Phi) is 5.02. The Bertz CT molecular complexity index is 638. The molecule has 0 aliphatic heterocycles. The van der Waals surface area contributed by atoms with Crippen LogP contribution in [0.25, 0.3) is 11.1 Å². The molecule has 112 valence electrons. The van der Waals surface area contributed by atoms with Crippen LogP contribution in [0.5, 0.6) is 0 Å². The van der Waals surface area contributed by atoms with E-state index >= 15 is 0 Å². The first-order valence-electron chi connectivity index (χ1n) is 6.98. The van der Waals surface area contributed by atoms with Crippen LogP contribution in [0.4, 0.5) is 13.2 Å². The van der Waals surface area contributed by atoms with Gasteiger partial charge in [0.05, 0.1) is 5.56 Å². The maximum atomic E-state index is 14.3. The largest absolute Gasteiger partial charge is 0.313 e. The van der Waals surface area contributed by atoms with Gasteiger partial charge in [-0.2, -0.15) is 0 Å². The predicted octanol–water partition coefficient (Wildman–Crippen LogP) is 4.58. The van der Waals surface area contributed by atoms with E-state index in [-0.39, 0.29) is 11.1 Å². The average molecular weight is 293 g/mol. The third kappa shape index (κ3) is 3.45. The van der Waals surface area contributed by atoms with Crippen molar-refractivity contribution in [2.24, 2.45) is 0 Å². The normalized spacial score (nSPS) is 10.9. The van der Waals surface area contributed by atoms with Crippen LogP contribution in [0.3, 0.4) is 0 Å². The average Bonchev–Trinajstić information content (AvgIpc) is 2.46. The third-order valence-electron chi connectivity index (χ3n) is 3.37. The maximum absolute atomic E-state index is 14.3. The molecule has 0 amide bonds. The minimum atomic E-state index is -0.680. The highest BCUT2D eigenvalue weighted by Gasteiger charge is 2.17. The van der Waals surface area contributed by atoms with Crippen molar-refractivity contribution in [1.82, 2.24) is 5.32 Å². The number of nitrogens with one attached hydrogen (secondary N) is 1. The summed E-state index contributed by atoms with van der Waals surface area (Å²) >= 11 is 0. The van der Waals surface area contributed by atoms with Crippen molar-refractivity contribution in [1.29, 1.82) is 0 Å². The number of rotatable bonds is 5. The van der Waals surface area contributed by atoms with Crippen LogP contribution in [0.1, 0.15) is 24.5 Å². The van der Waals surface area contributed by atoms with Gasteiger partial charge in [0, 0.05) is 6.54 Å². The van der Waals surface area contributed by atoms with Crippen LogP contribution in [-0.2, 0) is 6.54 Å². The number of hydrogen-bond donors (Lipinski definition) is 1. The fourth-order valence-corrected chi connectivity index (χ4v) is 2.24. The van der Waals surface area contributed by atoms with Gasteiger partial charge < -0.3 is 5.32 Å². The maximum Gasteiger partial charge on any atom is 0.136 e. The van der Waals surface area contributed by atoms with Crippen LogP contribution in [0.15, 0.2) is 30.3 Å². The Morgan fingerprint density at radius 1 is 1.05 bits per heavy atom. The Morgan fingerprint density at radius 3 is 2.52 bits per heavy atom. The van der Waals surface area contributed by atoms with Crippen molar-refractivity contribution >= 4 is 0 Å². The van der Waals surface area contributed by atoms with Crippen LogP contribution in [-0.4, -0.2) is 6.54 Å². The minimum absolute atomic E-state index is 0.164. The molecule has 0 spiro atoms. The molecule has 0 aliphatic rings. The molecule has 0 saturated heterocycles. The van der Waals surface area contributed by atoms with Gasteiger partial charge in [0.15, 0.2) is 0 Å². The van der Waals surface area contributed by atoms with Gasteiger partial charge in [0.2, 0.25) is 0 Å². The van der Waals surface area contributed by atoms with E-state index in [0.29, 0.717) is 17.7 Å². The van der Waals surface area contributed by atoms with Gasteiger partial charge in [-0.3, -0.25) is 0 Å². The van der Waals surface area contributed by atoms with E-state index in [4.69, 9.17) is 0 Å². The molecular weight excluding hydrogens is 275 g/mol. The minimum Gasteiger partial charge on any atom is -0.313 e. The monoisotopic (exact) mass is 293 g/mol. The lowest BCUT2D eigenvalue weighted by Gasteiger charge is -2.13. The Labute approximate surface area is 122 Å². The summed E-state index contributed by atoms with van der Waals surface area (Å²) < 4.78 is 41.8. The second-order valence-electron chi connectivity index (χ2n) is 5.03. The SMILES string of the molecule is CCCNCc1ccc(F)cc1-c1c(F)ccc(C)c1F. The second kappa shape index (κ2) is 6.76. The van der Waals surface area contributed by atoms with Crippen LogP contribution < -0.4 is 5.32 Å². The molecular formula is C17H18F3N. The van der Waals surface area contributed by atoms with E-state index in [2.05, 4.69) is 5.32 Å². The van der Waals surface area contributed by atoms with Crippen LogP contribution in [0.2, 0.25) is 0 Å². The van der Waals surface area contributed by atoms with Gasteiger partial charge in [0.25, 0.3) is 0 Å². The van der Waals surface area contributed by atoms with Gasteiger partial charge in [-0.1, -0.05) is 19.1 Å². The van der Waals surface area contributed by atoms with Crippen molar-refractivity contribution in [3.63, 3.8) is 0 Å². The fraction of sp³-hybridized carbons (Fsp3) is 0.294. The lowest BCUT2D eigenvalue weighted by Crippen LogP contribution is -2.15. The molecule has 0 heterocycles. The van der Waals surface area contributed by atoms with E-state index in [0.717, 1.165) is 13.0 Å². The summed E-state index contributed by atoms with van der Waals surface area (Å²) in [6, 6.07) is 6.64. The lowest BCUT2D eigenvalue weighted by molar-refractivity contribution is 0.581. The van der Waals surface area contributed by atoms with Gasteiger partial charge >= 0.3 is 0 Å². The molecule has 1 N–H and O–H groups in total. The summed E-state index contributed by atoms with van der Waals surface area (Å²) in [6.45, 7) is 4.82. The summed E-state index contributed by atoms with van der Waals surface area (Å²) in [6.07, 6.45) is 0.948. The molecule has 4 heteroatoms. The second-order valence-corrected chi connectivity index (χ2v) is 5.03. The van der Waals surface area contributed by atoms with E-state index in [1.165, 1.54) is 24.3 Å². The molecule has 0 saturated carbocycles. The van der Waals surface area contributed by atoms with Crippen molar-refractivity contribution in [3.8, 4) is 11.1 Å². The lowest BCUT2D eigenvalue weighted by atomic mass is 9.96. The molecule has 0 unspecified atom stereocenters. The molecule has 1 nitrogen and oxygen atoms in total. The zero-order valence-corrected chi connectivity index (χ0v) is 12.1. The molecule has 2 aromatic carbocycles. The van der Waals surface area contributed by atoms with Gasteiger partial charge in [0.1, 0.15) is 17.5 Å². The predicted molar refractivity (Wildman–Crippen MR) is 78.5 cm³/mol. The van der Waals surface area contributed by atoms with E-state index in [9.17, 15) is 13.2 Å². The van der Waals surface area contributed by atoms with Crippen molar-refractivity contribution in [2.75, 3.05) is 6.54 Å². The summed E-state index contributed by atoms with van der Waals surface area (Å²) in [5.74, 6) is -1.83. The van der Waals surface area contributed by atoms with Gasteiger partial charge in [-0.25, -0.2) is 13.2 Å². The number of benzene rings is 2. The van der Waals surface area contributed by atoms with Gasteiger partial charge in [-0.15, -0.1) is 0 Å². The Morgan fingerprint density at radius 2 is 1.81 bits per heavy atom. The molecule has 0 aliphatic carbocycles. The Balaban J connectivity index is 2.52. The van der Waals surface area contributed by atoms with Crippen molar-refractivity contribution in [3.05, 3.63) is 58.9 Å². The summed E-state index contributed by atoms with van der Waals surface area (Å²) in [5, 5.41) is 3.17. The molecule has 2 aromatic rings. The first-order valence-corrected chi connectivity index (χ1v) is 6.98. The summed E-state index contributed by atoms with van der Waals surface area (Å²) in [4.78, 5) is 0. The Hall–Kier alpha value is -1.81. The first kappa shape index (κ1) is 15.6. The zero-order valence-electron chi connectivity index (χ0n) is 12.1. The van der Waals surface area contributed by atoms with Crippen molar-refractivity contribution in [2.45, 2.75) is 26.8 Å². The number of aryl methyl sites for hydroxylation is 1. The standard InChI is InChI=1S/C17H18F3N/c1-3-8-21-10-12-5-6-13(18)9-14(12)16-15(19)7-4-11(2)17(16)20/h4-7,9,21H,3,8,10H2,1-2H3. The fourth-order valence-electron chi connectivity index (χ4n) is 2.24. The third-order valence-corrected chi connectivity index (χ3v) is 3.37. The van der Waals surface area contributed by atoms with Crippen molar-refractivity contribution < 1.29 is 13.2 Å². The molecule has 0 aromatic heterocycles. The molecule has 0 radical (unpaired) electrons. The van der Waals surface area contributed by atoms with E-state index in [1.807, 2.05) is 6.92 Å². The molecule has 0 bridgehead atoms. The smallest absolute Gasteiger partial charge is 0.136 e. The number of halogens is 3. The highest BCUT2D eigenvalue weighted by molar-refractivity contribution is 5.69. The van der Waals surface area contributed by atoms with E-state index < -0.39 is 17.5 Å². The quantitative estimate of drug-likeness (QED) is 0.796. The summed E-state index contributed by atoms with van der Waals surface area (Å²) in [5.41, 5.74) is 1.11. The summed E-state index contributed by atoms with van der Waals surface area (Å²) in [7, 11) is 0. The molecule has 2 rings (SSSR count). The van der Waals surface area contributed by atoms with E-state index in [1.54, 1.807) is 13.0 Å². The number of hydrogen-bond acceptors (Lipinski definition) is 1. The first-order chi connectivity index (χ1) is 10.0. The van der Waals surface area contributed by atoms with Crippen LogP contribution in [0, 0.1) is 24.4 Å². The zero-order chi connectivity index (χ0) is 15.4. The highest BCUT2D eigenvalue weighted by Crippen LogP contribution is 2.31.